The molecular formula is C22H26N2O3. The van der Waals surface area contributed by atoms with E-state index in [4.69, 9.17) is 0 Å². The van der Waals surface area contributed by atoms with E-state index in [1.807, 2.05) is 43.9 Å². The van der Waals surface area contributed by atoms with Gasteiger partial charge in [0, 0.05) is 24.5 Å². The van der Waals surface area contributed by atoms with Crippen LogP contribution in [0.25, 0.3) is 5.69 Å². The van der Waals surface area contributed by atoms with Crippen LogP contribution in [-0.2, 0) is 4.79 Å². The van der Waals surface area contributed by atoms with E-state index in [9.17, 15) is 14.7 Å². The molecule has 2 heterocycles. The summed E-state index contributed by atoms with van der Waals surface area (Å²) in [6.45, 7) is 7.37. The number of rotatable bonds is 3. The third-order valence-corrected chi connectivity index (χ3v) is 6.43. The summed E-state index contributed by atoms with van der Waals surface area (Å²) in [6.07, 6.45) is 2.35. The first-order valence-electron chi connectivity index (χ1n) is 9.60. The van der Waals surface area contributed by atoms with E-state index in [2.05, 4.69) is 16.7 Å². The molecule has 1 aliphatic heterocycles. The molecule has 4 rings (SSSR count). The molecule has 1 aliphatic carbocycles. The summed E-state index contributed by atoms with van der Waals surface area (Å²) in [7, 11) is 0. The zero-order valence-corrected chi connectivity index (χ0v) is 16.2. The molecule has 0 bridgehead atoms. The average molecular weight is 366 g/mol. The Hall–Kier alpha value is -2.56. The van der Waals surface area contributed by atoms with Crippen LogP contribution in [0.2, 0.25) is 0 Å². The topological polar surface area (TPSA) is 62.5 Å². The van der Waals surface area contributed by atoms with Crippen molar-refractivity contribution in [2.45, 2.75) is 40.0 Å². The van der Waals surface area contributed by atoms with Gasteiger partial charge in [0.05, 0.1) is 17.2 Å². The van der Waals surface area contributed by atoms with Gasteiger partial charge in [-0.3, -0.25) is 9.59 Å². The number of piperidine rings is 1. The minimum atomic E-state index is -0.686. The second-order valence-electron chi connectivity index (χ2n) is 8.22. The molecule has 1 unspecified atom stereocenters. The van der Waals surface area contributed by atoms with E-state index < -0.39 is 5.97 Å². The Balaban J connectivity index is 1.60. The summed E-state index contributed by atoms with van der Waals surface area (Å²) in [6, 6.07) is 10.2. The van der Waals surface area contributed by atoms with Gasteiger partial charge in [-0.2, -0.15) is 0 Å². The van der Waals surface area contributed by atoms with Gasteiger partial charge in [-0.15, -0.1) is 0 Å². The highest BCUT2D eigenvalue weighted by molar-refractivity contribution is 5.98. The minimum Gasteiger partial charge on any atom is -0.481 e. The van der Waals surface area contributed by atoms with Crippen molar-refractivity contribution in [2.24, 2.45) is 11.3 Å². The van der Waals surface area contributed by atoms with Crippen molar-refractivity contribution in [3.8, 4) is 5.69 Å². The Morgan fingerprint density at radius 2 is 1.67 bits per heavy atom. The summed E-state index contributed by atoms with van der Waals surface area (Å²) < 4.78 is 2.12. The Bertz CT molecular complexity index is 900. The third kappa shape index (κ3) is 2.95. The summed E-state index contributed by atoms with van der Waals surface area (Å²) in [5.41, 5.74) is 4.84. The van der Waals surface area contributed by atoms with Crippen LogP contribution in [0.15, 0.2) is 30.3 Å². The number of benzene rings is 1. The molecule has 1 N–H and O–H groups in total. The number of carboxylic acids is 1. The number of carbonyl (C=O) groups excluding carboxylic acids is 1. The highest BCUT2D eigenvalue weighted by Crippen LogP contribution is 2.59. The van der Waals surface area contributed by atoms with Gasteiger partial charge in [-0.1, -0.05) is 11.6 Å². The Labute approximate surface area is 159 Å². The van der Waals surface area contributed by atoms with Crippen molar-refractivity contribution in [1.29, 1.82) is 0 Å². The second kappa shape index (κ2) is 6.25. The normalized spacial score (nSPS) is 20.7. The number of aliphatic carboxylic acids is 1. The van der Waals surface area contributed by atoms with Gasteiger partial charge in [0.25, 0.3) is 5.91 Å². The quantitative estimate of drug-likeness (QED) is 0.900. The fraction of sp³-hybridized carbons (Fsp3) is 0.455. The van der Waals surface area contributed by atoms with Crippen LogP contribution < -0.4 is 0 Å². The number of amides is 1. The van der Waals surface area contributed by atoms with E-state index in [1.165, 1.54) is 0 Å². The lowest BCUT2D eigenvalue weighted by atomic mass is 9.90. The predicted octanol–water partition coefficient (Wildman–Crippen LogP) is 3.73. The lowest BCUT2D eigenvalue weighted by Gasteiger charge is -2.33. The maximum atomic E-state index is 13.3. The number of nitrogens with zero attached hydrogens (tertiary/aromatic N) is 2. The minimum absolute atomic E-state index is 0.0450. The Kier molecular flexibility index (Phi) is 4.13. The molecule has 1 aromatic heterocycles. The molecule has 5 heteroatoms. The molecule has 2 fully saturated rings. The summed E-state index contributed by atoms with van der Waals surface area (Å²) in [5.74, 6) is -0.854. The van der Waals surface area contributed by atoms with Gasteiger partial charge in [-0.05, 0) is 69.7 Å². The second-order valence-corrected chi connectivity index (χ2v) is 8.22. The van der Waals surface area contributed by atoms with Crippen molar-refractivity contribution in [3.63, 3.8) is 0 Å². The standard InChI is InChI=1S/C22H26N2O3/c1-14-4-7-19(24-15(2)5-6-16(24)3)17(12-14)20(25)23-10-8-22(9-11-23)13-18(22)21(26)27/h4-7,12,18H,8-11,13H2,1-3H3,(H,26,27). The molecule has 1 atom stereocenters. The monoisotopic (exact) mass is 366 g/mol. The van der Waals surface area contributed by atoms with E-state index in [0.717, 1.165) is 47.5 Å². The van der Waals surface area contributed by atoms with Gasteiger partial charge in [0.2, 0.25) is 0 Å². The van der Waals surface area contributed by atoms with Crippen molar-refractivity contribution in [2.75, 3.05) is 13.1 Å². The average Bonchev–Trinajstić information content (AvgIpc) is 3.25. The SMILES string of the molecule is Cc1ccc(-n2c(C)ccc2C)c(C(=O)N2CCC3(CC2)CC3C(=O)O)c1. The molecule has 1 saturated carbocycles. The molecule has 142 valence electrons. The molecule has 0 radical (unpaired) electrons. The van der Waals surface area contributed by atoms with E-state index in [1.54, 1.807) is 0 Å². The number of hydrogen-bond donors (Lipinski definition) is 1. The first kappa shape index (κ1) is 17.8. The fourth-order valence-corrected chi connectivity index (χ4v) is 4.64. The number of aromatic nitrogens is 1. The van der Waals surface area contributed by atoms with E-state index in [0.29, 0.717) is 13.1 Å². The van der Waals surface area contributed by atoms with Gasteiger partial charge < -0.3 is 14.6 Å². The van der Waals surface area contributed by atoms with Crippen LogP contribution in [-0.4, -0.2) is 39.5 Å². The van der Waals surface area contributed by atoms with Crippen molar-refractivity contribution in [1.82, 2.24) is 9.47 Å². The van der Waals surface area contributed by atoms with Gasteiger partial charge in [-0.25, -0.2) is 0 Å². The zero-order chi connectivity index (χ0) is 19.3. The molecule has 1 saturated heterocycles. The molecule has 1 amide bonds. The van der Waals surface area contributed by atoms with Crippen LogP contribution in [0.5, 0.6) is 0 Å². The molecule has 2 aromatic rings. The van der Waals surface area contributed by atoms with Crippen LogP contribution in [0.1, 0.15) is 46.6 Å². The van der Waals surface area contributed by atoms with Gasteiger partial charge in [0.15, 0.2) is 0 Å². The zero-order valence-electron chi connectivity index (χ0n) is 16.2. The number of carbonyl (C=O) groups is 2. The lowest BCUT2D eigenvalue weighted by Crippen LogP contribution is -2.40. The van der Waals surface area contributed by atoms with Crippen LogP contribution in [0.4, 0.5) is 0 Å². The lowest BCUT2D eigenvalue weighted by molar-refractivity contribution is -0.139. The Morgan fingerprint density at radius 3 is 2.22 bits per heavy atom. The molecule has 2 aliphatic rings. The summed E-state index contributed by atoms with van der Waals surface area (Å²) in [4.78, 5) is 26.5. The smallest absolute Gasteiger partial charge is 0.307 e. The molecule has 1 aromatic carbocycles. The largest absolute Gasteiger partial charge is 0.481 e. The number of aryl methyl sites for hydroxylation is 3. The Morgan fingerprint density at radius 1 is 1.04 bits per heavy atom. The number of hydrogen-bond acceptors (Lipinski definition) is 2. The van der Waals surface area contributed by atoms with Crippen LogP contribution in [0, 0.1) is 32.1 Å². The van der Waals surface area contributed by atoms with Crippen molar-refractivity contribution >= 4 is 11.9 Å². The maximum absolute atomic E-state index is 13.3. The molecule has 27 heavy (non-hydrogen) atoms. The summed E-state index contributed by atoms with van der Waals surface area (Å²) in [5, 5.41) is 9.27. The molecule has 5 nitrogen and oxygen atoms in total. The number of carboxylic acid groups (broad SMARTS) is 1. The highest BCUT2D eigenvalue weighted by atomic mass is 16.4. The third-order valence-electron chi connectivity index (χ3n) is 6.43. The highest BCUT2D eigenvalue weighted by Gasteiger charge is 2.59. The van der Waals surface area contributed by atoms with Gasteiger partial charge >= 0.3 is 5.97 Å². The van der Waals surface area contributed by atoms with E-state index in [-0.39, 0.29) is 17.2 Å². The molecular weight excluding hydrogens is 340 g/mol. The van der Waals surface area contributed by atoms with Crippen LogP contribution >= 0.6 is 0 Å². The van der Waals surface area contributed by atoms with Crippen LogP contribution in [0.3, 0.4) is 0 Å². The summed E-state index contributed by atoms with van der Waals surface area (Å²) >= 11 is 0. The predicted molar refractivity (Wildman–Crippen MR) is 103 cm³/mol. The van der Waals surface area contributed by atoms with Crippen molar-refractivity contribution in [3.05, 3.63) is 52.8 Å². The van der Waals surface area contributed by atoms with E-state index >= 15 is 0 Å². The first-order chi connectivity index (χ1) is 12.8. The number of likely N-dealkylation sites (tertiary alicyclic amines) is 1. The van der Waals surface area contributed by atoms with Crippen molar-refractivity contribution < 1.29 is 14.7 Å². The first-order valence-corrected chi connectivity index (χ1v) is 9.60. The van der Waals surface area contributed by atoms with Gasteiger partial charge in [0.1, 0.15) is 0 Å². The molecule has 1 spiro atoms. The fourth-order valence-electron chi connectivity index (χ4n) is 4.64. The maximum Gasteiger partial charge on any atom is 0.307 e.